The van der Waals surface area contributed by atoms with Gasteiger partial charge in [-0.25, -0.2) is 0 Å². The van der Waals surface area contributed by atoms with Crippen molar-refractivity contribution in [2.24, 2.45) is 0 Å². The lowest BCUT2D eigenvalue weighted by Crippen LogP contribution is -1.93. The minimum atomic E-state index is 0.175. The summed E-state index contributed by atoms with van der Waals surface area (Å²) in [7, 11) is 0. The van der Waals surface area contributed by atoms with Crippen molar-refractivity contribution in [1.29, 1.82) is 0 Å². The van der Waals surface area contributed by atoms with Gasteiger partial charge in [0.15, 0.2) is 0 Å². The van der Waals surface area contributed by atoms with Crippen molar-refractivity contribution in [3.05, 3.63) is 53.6 Å². The molecule has 2 rings (SSSR count). The van der Waals surface area contributed by atoms with Crippen molar-refractivity contribution in [1.82, 2.24) is 0 Å². The smallest absolute Gasteiger partial charge is 0.0887 e. The number of halogens is 4. The van der Waals surface area contributed by atoms with Gasteiger partial charge in [-0.3, -0.25) is 0 Å². The second-order valence-electron chi connectivity index (χ2n) is 3.59. The fourth-order valence-corrected chi connectivity index (χ4v) is 4.57. The van der Waals surface area contributed by atoms with Crippen molar-refractivity contribution in [2.75, 3.05) is 0 Å². The van der Waals surface area contributed by atoms with Crippen LogP contribution in [0.25, 0.3) is 0 Å². The number of hydrogen-bond donors (Lipinski definition) is 0. The standard InChI is InChI=1S/C12H8Br3ClS/c1-6-7(3-2-4-8(6)13)11(14)10-5-9(16)12(15)17-10/h2-5,11H,1H3. The zero-order valence-electron chi connectivity index (χ0n) is 8.81. The molecule has 0 radical (unpaired) electrons. The molecule has 1 unspecified atom stereocenters. The fraction of sp³-hybridized carbons (Fsp3) is 0.167. The van der Waals surface area contributed by atoms with Crippen molar-refractivity contribution in [2.45, 2.75) is 11.8 Å². The van der Waals surface area contributed by atoms with Gasteiger partial charge in [-0.1, -0.05) is 55.6 Å². The SMILES string of the molecule is Cc1c(Br)cccc1C(Br)c1cc(Cl)c(Br)s1. The maximum Gasteiger partial charge on any atom is 0.0887 e. The first-order valence-corrected chi connectivity index (χ1v) is 8.54. The Kier molecular flexibility index (Phi) is 4.75. The Morgan fingerprint density at radius 2 is 2.00 bits per heavy atom. The van der Waals surface area contributed by atoms with Gasteiger partial charge in [0.1, 0.15) is 0 Å². The molecule has 0 aliphatic rings. The lowest BCUT2D eigenvalue weighted by atomic mass is 10.1. The highest BCUT2D eigenvalue weighted by atomic mass is 79.9. The molecule has 1 aromatic carbocycles. The lowest BCUT2D eigenvalue weighted by Gasteiger charge is -2.12. The summed E-state index contributed by atoms with van der Waals surface area (Å²) in [6.45, 7) is 2.11. The van der Waals surface area contributed by atoms with E-state index in [2.05, 4.69) is 66.8 Å². The van der Waals surface area contributed by atoms with Gasteiger partial charge in [0.2, 0.25) is 0 Å². The van der Waals surface area contributed by atoms with Crippen LogP contribution in [0.2, 0.25) is 5.02 Å². The van der Waals surface area contributed by atoms with Crippen molar-refractivity contribution in [3.8, 4) is 0 Å². The van der Waals surface area contributed by atoms with Gasteiger partial charge >= 0.3 is 0 Å². The highest BCUT2D eigenvalue weighted by molar-refractivity contribution is 9.11. The van der Waals surface area contributed by atoms with E-state index in [0.717, 1.165) is 13.3 Å². The maximum atomic E-state index is 6.07. The van der Waals surface area contributed by atoms with Gasteiger partial charge in [0, 0.05) is 9.35 Å². The third-order valence-electron chi connectivity index (χ3n) is 2.50. The van der Waals surface area contributed by atoms with E-state index in [1.807, 2.05) is 12.1 Å². The van der Waals surface area contributed by atoms with Gasteiger partial charge in [0.25, 0.3) is 0 Å². The lowest BCUT2D eigenvalue weighted by molar-refractivity contribution is 1.17. The highest BCUT2D eigenvalue weighted by Crippen LogP contribution is 2.42. The van der Waals surface area contributed by atoms with E-state index in [1.54, 1.807) is 11.3 Å². The maximum absolute atomic E-state index is 6.07. The number of benzene rings is 1. The van der Waals surface area contributed by atoms with Crippen LogP contribution < -0.4 is 0 Å². The monoisotopic (exact) mass is 456 g/mol. The van der Waals surface area contributed by atoms with Crippen LogP contribution in [0, 0.1) is 6.92 Å². The van der Waals surface area contributed by atoms with Crippen molar-refractivity contribution in [3.63, 3.8) is 0 Å². The minimum absolute atomic E-state index is 0.175. The zero-order valence-corrected chi connectivity index (χ0v) is 15.1. The van der Waals surface area contributed by atoms with Crippen LogP contribution in [0.1, 0.15) is 20.8 Å². The van der Waals surface area contributed by atoms with Gasteiger partial charge in [-0.05, 0) is 46.1 Å². The van der Waals surface area contributed by atoms with E-state index in [-0.39, 0.29) is 4.83 Å². The molecule has 0 nitrogen and oxygen atoms in total. The fourth-order valence-electron chi connectivity index (χ4n) is 1.54. The van der Waals surface area contributed by atoms with E-state index in [4.69, 9.17) is 11.6 Å². The summed E-state index contributed by atoms with van der Waals surface area (Å²) in [5.41, 5.74) is 2.50. The molecule has 1 aromatic heterocycles. The summed E-state index contributed by atoms with van der Waals surface area (Å²) in [6, 6.07) is 8.22. The zero-order chi connectivity index (χ0) is 12.6. The topological polar surface area (TPSA) is 0 Å². The molecule has 1 atom stereocenters. The van der Waals surface area contributed by atoms with Gasteiger partial charge in [-0.15, -0.1) is 11.3 Å². The van der Waals surface area contributed by atoms with Gasteiger partial charge in [-0.2, -0.15) is 0 Å². The Labute approximate surface area is 135 Å². The number of hydrogen-bond acceptors (Lipinski definition) is 1. The summed E-state index contributed by atoms with van der Waals surface area (Å²) in [5.74, 6) is 0. The van der Waals surface area contributed by atoms with Crippen LogP contribution in [0.15, 0.2) is 32.5 Å². The Balaban J connectivity index is 2.43. The predicted molar refractivity (Wildman–Crippen MR) is 86.7 cm³/mol. The first-order chi connectivity index (χ1) is 8.00. The predicted octanol–water partition coefficient (Wildman–Crippen LogP) is 6.72. The van der Waals surface area contributed by atoms with E-state index >= 15 is 0 Å². The molecule has 0 fully saturated rings. The number of alkyl halides is 1. The van der Waals surface area contributed by atoms with Crippen LogP contribution in [0.5, 0.6) is 0 Å². The van der Waals surface area contributed by atoms with Gasteiger partial charge < -0.3 is 0 Å². The Morgan fingerprint density at radius 3 is 2.59 bits per heavy atom. The van der Waals surface area contributed by atoms with E-state index in [9.17, 15) is 0 Å². The third-order valence-corrected chi connectivity index (χ3v) is 7.18. The summed E-state index contributed by atoms with van der Waals surface area (Å²) < 4.78 is 2.10. The molecule has 0 N–H and O–H groups in total. The van der Waals surface area contributed by atoms with Crippen LogP contribution in [-0.4, -0.2) is 0 Å². The summed E-state index contributed by atoms with van der Waals surface area (Å²) in [4.78, 5) is 1.37. The summed E-state index contributed by atoms with van der Waals surface area (Å²) in [6.07, 6.45) is 0. The molecule has 0 aliphatic carbocycles. The first kappa shape index (κ1) is 14.1. The average Bonchev–Trinajstić information content (AvgIpc) is 2.62. The third kappa shape index (κ3) is 2.98. The number of thiophene rings is 1. The largest absolute Gasteiger partial charge is 0.130 e. The summed E-state index contributed by atoms with van der Waals surface area (Å²) >= 11 is 18.5. The molecular formula is C12H8Br3ClS. The normalized spacial score (nSPS) is 12.8. The molecular weight excluding hydrogens is 451 g/mol. The molecule has 0 bridgehead atoms. The summed E-state index contributed by atoms with van der Waals surface area (Å²) in [5, 5.41) is 0.766. The van der Waals surface area contributed by atoms with Crippen molar-refractivity contribution >= 4 is 70.7 Å². The Bertz CT molecular complexity index is 531. The second-order valence-corrected chi connectivity index (χ2v) is 8.17. The molecule has 17 heavy (non-hydrogen) atoms. The first-order valence-electron chi connectivity index (χ1n) is 4.84. The quantitative estimate of drug-likeness (QED) is 0.438. The van der Waals surface area contributed by atoms with Crippen LogP contribution >= 0.6 is 70.7 Å². The molecule has 5 heteroatoms. The van der Waals surface area contributed by atoms with Crippen LogP contribution in [0.3, 0.4) is 0 Å². The second kappa shape index (κ2) is 5.74. The van der Waals surface area contributed by atoms with E-state index < -0.39 is 0 Å². The van der Waals surface area contributed by atoms with Gasteiger partial charge in [0.05, 0.1) is 13.6 Å². The molecule has 0 amide bonds. The number of rotatable bonds is 2. The van der Waals surface area contributed by atoms with Crippen LogP contribution in [-0.2, 0) is 0 Å². The highest BCUT2D eigenvalue weighted by Gasteiger charge is 2.17. The molecule has 0 aliphatic heterocycles. The minimum Gasteiger partial charge on any atom is -0.130 e. The molecule has 1 heterocycles. The molecule has 0 spiro atoms. The van der Waals surface area contributed by atoms with E-state index in [1.165, 1.54) is 16.0 Å². The average molecular weight is 459 g/mol. The Morgan fingerprint density at radius 1 is 1.29 bits per heavy atom. The molecule has 0 saturated carbocycles. The van der Waals surface area contributed by atoms with Crippen molar-refractivity contribution < 1.29 is 0 Å². The molecule has 90 valence electrons. The Hall–Kier alpha value is 0.650. The van der Waals surface area contributed by atoms with E-state index in [0.29, 0.717) is 0 Å². The molecule has 0 saturated heterocycles. The van der Waals surface area contributed by atoms with Crippen LogP contribution in [0.4, 0.5) is 0 Å². The molecule has 2 aromatic rings.